The zero-order valence-corrected chi connectivity index (χ0v) is 16.8. The first kappa shape index (κ1) is 20.5. The molecule has 0 radical (unpaired) electrons. The molecule has 0 spiro atoms. The Hall–Kier alpha value is -0.850. The second-order valence-corrected chi connectivity index (χ2v) is 7.66. The molecule has 2 aliphatic heterocycles. The van der Waals surface area contributed by atoms with Crippen molar-refractivity contribution in [3.05, 3.63) is 0 Å². The van der Waals surface area contributed by atoms with Gasteiger partial charge in [0.05, 0.1) is 12.7 Å². The number of hydrogen-bond acceptors (Lipinski definition) is 4. The van der Waals surface area contributed by atoms with Crippen molar-refractivity contribution >= 4 is 5.96 Å². The van der Waals surface area contributed by atoms with Crippen LogP contribution in [0.5, 0.6) is 0 Å². The van der Waals surface area contributed by atoms with Gasteiger partial charge in [-0.1, -0.05) is 0 Å². The molecule has 2 atom stereocenters. The molecule has 6 heteroatoms. The topological polar surface area (TPSA) is 49.3 Å². The van der Waals surface area contributed by atoms with E-state index in [9.17, 15) is 0 Å². The van der Waals surface area contributed by atoms with Crippen LogP contribution < -0.4 is 5.32 Å². The molecule has 0 bridgehead atoms. The van der Waals surface area contributed by atoms with Crippen LogP contribution in [-0.4, -0.2) is 86.5 Å². The molecule has 0 aromatic heterocycles. The third-order valence-electron chi connectivity index (χ3n) is 5.19. The second-order valence-electron chi connectivity index (χ2n) is 7.66. The molecule has 2 aliphatic rings. The fraction of sp³-hybridized carbons (Fsp3) is 0.947. The molecule has 2 rings (SSSR count). The van der Waals surface area contributed by atoms with E-state index >= 15 is 0 Å². The van der Waals surface area contributed by atoms with E-state index in [1.807, 2.05) is 7.05 Å². The maximum absolute atomic E-state index is 5.94. The van der Waals surface area contributed by atoms with Gasteiger partial charge in [-0.3, -0.25) is 9.89 Å². The quantitative estimate of drug-likeness (QED) is 0.430. The summed E-state index contributed by atoms with van der Waals surface area (Å²) in [5.74, 6) is 0.993. The van der Waals surface area contributed by atoms with Crippen molar-refractivity contribution < 1.29 is 9.47 Å². The first-order chi connectivity index (χ1) is 12.0. The predicted octanol–water partition coefficient (Wildman–Crippen LogP) is 1.95. The summed E-state index contributed by atoms with van der Waals surface area (Å²) in [4.78, 5) is 9.33. The third-order valence-corrected chi connectivity index (χ3v) is 5.19. The highest BCUT2D eigenvalue weighted by Crippen LogP contribution is 2.21. The van der Waals surface area contributed by atoms with Crippen LogP contribution in [0.3, 0.4) is 0 Å². The van der Waals surface area contributed by atoms with E-state index in [-0.39, 0.29) is 12.2 Å². The summed E-state index contributed by atoms with van der Waals surface area (Å²) in [6.07, 6.45) is 3.82. The predicted molar refractivity (Wildman–Crippen MR) is 103 cm³/mol. The summed E-state index contributed by atoms with van der Waals surface area (Å²) in [6.45, 7) is 14.5. The molecule has 2 unspecified atom stereocenters. The number of guanidine groups is 1. The van der Waals surface area contributed by atoms with Crippen molar-refractivity contribution in [1.82, 2.24) is 15.1 Å². The standard InChI is InChI=1S/C19H38N4O2/c1-15(2)23(16(3)4)10-7-9-21-19(20-5)22-11-13-25-18(14-22)17-8-6-12-24-17/h15-18H,6-14H2,1-5H3,(H,20,21). The van der Waals surface area contributed by atoms with E-state index < -0.39 is 0 Å². The Morgan fingerprint density at radius 1 is 1.16 bits per heavy atom. The zero-order valence-electron chi connectivity index (χ0n) is 16.8. The summed E-state index contributed by atoms with van der Waals surface area (Å²) in [6, 6.07) is 1.18. The molecule has 6 nitrogen and oxygen atoms in total. The van der Waals surface area contributed by atoms with E-state index in [1.54, 1.807) is 0 Å². The van der Waals surface area contributed by atoms with Gasteiger partial charge in [0, 0.05) is 51.9 Å². The van der Waals surface area contributed by atoms with E-state index in [2.05, 4.69) is 47.8 Å². The number of aliphatic imine (C=N–C) groups is 1. The SMILES string of the molecule is CN=C(NCCCN(C(C)C)C(C)C)N1CCOC(C2CCCO2)C1. The first-order valence-electron chi connectivity index (χ1n) is 9.97. The largest absolute Gasteiger partial charge is 0.375 e. The van der Waals surface area contributed by atoms with Gasteiger partial charge in [0.25, 0.3) is 0 Å². The number of morpholine rings is 1. The van der Waals surface area contributed by atoms with Crippen molar-refractivity contribution in [1.29, 1.82) is 0 Å². The molecule has 1 N–H and O–H groups in total. The molecule has 0 saturated carbocycles. The Kier molecular flexibility index (Phi) is 8.46. The van der Waals surface area contributed by atoms with Gasteiger partial charge in [0.2, 0.25) is 0 Å². The zero-order chi connectivity index (χ0) is 18.2. The smallest absolute Gasteiger partial charge is 0.193 e. The Morgan fingerprint density at radius 2 is 1.88 bits per heavy atom. The molecule has 2 heterocycles. The molecular weight excluding hydrogens is 316 g/mol. The Balaban J connectivity index is 1.75. The average Bonchev–Trinajstić information content (AvgIpc) is 3.12. The van der Waals surface area contributed by atoms with Crippen LogP contribution in [0, 0.1) is 0 Å². The monoisotopic (exact) mass is 354 g/mol. The van der Waals surface area contributed by atoms with Gasteiger partial charge >= 0.3 is 0 Å². The van der Waals surface area contributed by atoms with Gasteiger partial charge in [-0.15, -0.1) is 0 Å². The van der Waals surface area contributed by atoms with Gasteiger partial charge in [-0.05, 0) is 47.0 Å². The Labute approximate surface area is 153 Å². The van der Waals surface area contributed by atoms with E-state index in [0.717, 1.165) is 64.6 Å². The molecule has 0 aromatic carbocycles. The summed E-state index contributed by atoms with van der Waals surface area (Å²) in [5, 5.41) is 3.54. The molecule has 2 saturated heterocycles. The second kappa shape index (κ2) is 10.3. The minimum absolute atomic E-state index is 0.173. The molecule has 25 heavy (non-hydrogen) atoms. The van der Waals surface area contributed by atoms with Crippen LogP contribution in [0.15, 0.2) is 4.99 Å². The van der Waals surface area contributed by atoms with Gasteiger partial charge in [0.15, 0.2) is 5.96 Å². The number of nitrogens with one attached hydrogen (secondary N) is 1. The van der Waals surface area contributed by atoms with Crippen LogP contribution in [0.4, 0.5) is 0 Å². The van der Waals surface area contributed by atoms with Crippen LogP contribution in [-0.2, 0) is 9.47 Å². The maximum atomic E-state index is 5.94. The first-order valence-corrected chi connectivity index (χ1v) is 9.97. The highest BCUT2D eigenvalue weighted by molar-refractivity contribution is 5.80. The van der Waals surface area contributed by atoms with Crippen LogP contribution >= 0.6 is 0 Å². The lowest BCUT2D eigenvalue weighted by molar-refractivity contribution is -0.0816. The van der Waals surface area contributed by atoms with Crippen molar-refractivity contribution in [2.75, 3.05) is 46.4 Å². The molecule has 0 aromatic rings. The molecule has 0 amide bonds. The average molecular weight is 355 g/mol. The Bertz CT molecular complexity index is 400. The third kappa shape index (κ3) is 6.12. The van der Waals surface area contributed by atoms with Gasteiger partial charge in [-0.25, -0.2) is 0 Å². The number of ether oxygens (including phenoxy) is 2. The van der Waals surface area contributed by atoms with E-state index in [0.29, 0.717) is 12.1 Å². The number of rotatable bonds is 7. The number of nitrogens with zero attached hydrogens (tertiary/aromatic N) is 3. The highest BCUT2D eigenvalue weighted by Gasteiger charge is 2.32. The summed E-state index contributed by atoms with van der Waals surface area (Å²) in [5.41, 5.74) is 0. The highest BCUT2D eigenvalue weighted by atomic mass is 16.5. The maximum Gasteiger partial charge on any atom is 0.193 e. The fourth-order valence-corrected chi connectivity index (χ4v) is 3.90. The van der Waals surface area contributed by atoms with Gasteiger partial charge in [-0.2, -0.15) is 0 Å². The van der Waals surface area contributed by atoms with E-state index in [1.165, 1.54) is 0 Å². The van der Waals surface area contributed by atoms with Crippen molar-refractivity contribution in [3.63, 3.8) is 0 Å². The molecular formula is C19H38N4O2. The lowest BCUT2D eigenvalue weighted by Gasteiger charge is -2.37. The van der Waals surface area contributed by atoms with Crippen LogP contribution in [0.2, 0.25) is 0 Å². The van der Waals surface area contributed by atoms with E-state index in [4.69, 9.17) is 9.47 Å². The minimum Gasteiger partial charge on any atom is -0.375 e. The van der Waals surface area contributed by atoms with Gasteiger partial charge in [0.1, 0.15) is 6.10 Å². The summed E-state index contributed by atoms with van der Waals surface area (Å²) >= 11 is 0. The molecule has 0 aliphatic carbocycles. The summed E-state index contributed by atoms with van der Waals surface area (Å²) in [7, 11) is 1.87. The minimum atomic E-state index is 0.173. The van der Waals surface area contributed by atoms with Crippen LogP contribution in [0.1, 0.15) is 47.0 Å². The molecule has 2 fully saturated rings. The van der Waals surface area contributed by atoms with Gasteiger partial charge < -0.3 is 19.7 Å². The van der Waals surface area contributed by atoms with Crippen molar-refractivity contribution in [2.24, 2.45) is 4.99 Å². The normalized spacial score (nSPS) is 25.4. The van der Waals surface area contributed by atoms with Crippen molar-refractivity contribution in [3.8, 4) is 0 Å². The van der Waals surface area contributed by atoms with Crippen LogP contribution in [0.25, 0.3) is 0 Å². The fourth-order valence-electron chi connectivity index (χ4n) is 3.90. The lowest BCUT2D eigenvalue weighted by atomic mass is 10.1. The van der Waals surface area contributed by atoms with Crippen molar-refractivity contribution in [2.45, 2.75) is 71.2 Å². The lowest BCUT2D eigenvalue weighted by Crippen LogP contribution is -2.53. The number of hydrogen-bond donors (Lipinski definition) is 1. The summed E-state index contributed by atoms with van der Waals surface area (Å²) < 4.78 is 11.7. The molecule has 146 valence electrons. The Morgan fingerprint density at radius 3 is 2.48 bits per heavy atom.